The minimum atomic E-state index is 0.0990. The van der Waals surface area contributed by atoms with Crippen LogP contribution >= 0.6 is 0 Å². The molecule has 3 fully saturated rings. The molecule has 0 bridgehead atoms. The molecule has 0 N–H and O–H groups in total. The van der Waals surface area contributed by atoms with Crippen LogP contribution in [0.5, 0.6) is 11.5 Å². The molecular formula is C29H34N2O3. The molecule has 0 spiro atoms. The second-order valence-corrected chi connectivity index (χ2v) is 10.00. The maximum atomic E-state index is 12.9. The lowest BCUT2D eigenvalue weighted by atomic mass is 9.97. The van der Waals surface area contributed by atoms with E-state index < -0.39 is 0 Å². The van der Waals surface area contributed by atoms with Crippen molar-refractivity contribution >= 4 is 17.3 Å². The summed E-state index contributed by atoms with van der Waals surface area (Å²) in [5.41, 5.74) is 2.48. The van der Waals surface area contributed by atoms with Crippen LogP contribution in [-0.4, -0.2) is 24.7 Å². The molecule has 34 heavy (non-hydrogen) atoms. The summed E-state index contributed by atoms with van der Waals surface area (Å²) in [5, 5.41) is 0. The topological polar surface area (TPSA) is 43.1 Å². The largest absolute Gasteiger partial charge is 0.487 e. The Morgan fingerprint density at radius 3 is 2.21 bits per heavy atom. The average molecular weight is 459 g/mol. The first kappa shape index (κ1) is 22.8. The van der Waals surface area contributed by atoms with Crippen molar-refractivity contribution in [3.05, 3.63) is 59.4 Å². The predicted octanol–water partition coefficient (Wildman–Crippen LogP) is 7.18. The molecule has 1 heterocycles. The van der Waals surface area contributed by atoms with E-state index in [0.29, 0.717) is 18.7 Å². The third-order valence-electron chi connectivity index (χ3n) is 7.53. The predicted molar refractivity (Wildman–Crippen MR) is 134 cm³/mol. The number of carbonyl (C=O) groups is 1. The number of ether oxygens (including phenoxy) is 2. The second-order valence-electron chi connectivity index (χ2n) is 10.00. The van der Waals surface area contributed by atoms with Crippen LogP contribution in [0.3, 0.4) is 0 Å². The van der Waals surface area contributed by atoms with Crippen LogP contribution in [0.1, 0.15) is 82.1 Å². The van der Waals surface area contributed by atoms with E-state index in [0.717, 1.165) is 48.4 Å². The highest BCUT2D eigenvalue weighted by molar-refractivity contribution is 5.97. The number of carbonyl (C=O) groups excluding carboxylic acids is 1. The zero-order chi connectivity index (χ0) is 23.3. The Morgan fingerprint density at radius 2 is 1.50 bits per heavy atom. The average Bonchev–Trinajstić information content (AvgIpc) is 3.43. The van der Waals surface area contributed by atoms with Gasteiger partial charge in [-0.2, -0.15) is 0 Å². The molecule has 1 aliphatic heterocycles. The summed E-state index contributed by atoms with van der Waals surface area (Å²) >= 11 is 0. The highest BCUT2D eigenvalue weighted by Crippen LogP contribution is 2.39. The molecule has 1 saturated heterocycles. The summed E-state index contributed by atoms with van der Waals surface area (Å²) in [6.07, 6.45) is 12.9. The summed E-state index contributed by atoms with van der Waals surface area (Å²) in [7, 11) is 0. The first-order chi connectivity index (χ1) is 16.7. The van der Waals surface area contributed by atoms with Crippen molar-refractivity contribution in [1.82, 2.24) is 0 Å². The van der Waals surface area contributed by atoms with Gasteiger partial charge in [0.05, 0.1) is 18.8 Å². The van der Waals surface area contributed by atoms with Crippen LogP contribution in [0.2, 0.25) is 0 Å². The first-order valence-corrected chi connectivity index (χ1v) is 12.9. The van der Waals surface area contributed by atoms with E-state index in [-0.39, 0.29) is 24.0 Å². The Hall–Kier alpha value is -3.00. The van der Waals surface area contributed by atoms with Gasteiger partial charge in [-0.3, -0.25) is 4.79 Å². The SMILES string of the molecule is [C-]#[N+]c1cccc(N2C[C@H](c3ccc(OC4CCCCCC4)c(OC4CCCC4)c3)CC2=O)c1. The molecular weight excluding hydrogens is 424 g/mol. The van der Waals surface area contributed by atoms with E-state index in [2.05, 4.69) is 23.0 Å². The lowest BCUT2D eigenvalue weighted by Gasteiger charge is -2.23. The standard InChI is InChI=1S/C29H34N2O3/c1-30-23-9-8-10-24(19-23)31-20-22(18-29(31)32)21-15-16-27(33-25-11-4-2-3-5-12-25)28(17-21)34-26-13-6-7-14-26/h8-10,15-17,19,22,25-26H,2-7,11-14,18,20H2/t22-/m1/s1. The molecule has 178 valence electrons. The Kier molecular flexibility index (Phi) is 7.04. The van der Waals surface area contributed by atoms with E-state index in [9.17, 15) is 4.79 Å². The van der Waals surface area contributed by atoms with Crippen LogP contribution < -0.4 is 14.4 Å². The Morgan fingerprint density at radius 1 is 0.824 bits per heavy atom. The monoisotopic (exact) mass is 458 g/mol. The maximum Gasteiger partial charge on any atom is 0.227 e. The molecule has 2 aromatic carbocycles. The van der Waals surface area contributed by atoms with Crippen LogP contribution in [0, 0.1) is 6.57 Å². The van der Waals surface area contributed by atoms with Crippen LogP contribution in [0.15, 0.2) is 42.5 Å². The number of benzene rings is 2. The summed E-state index contributed by atoms with van der Waals surface area (Å²) in [6.45, 7) is 7.89. The van der Waals surface area contributed by atoms with Crippen molar-refractivity contribution in [1.29, 1.82) is 0 Å². The molecule has 0 radical (unpaired) electrons. The van der Waals surface area contributed by atoms with E-state index in [4.69, 9.17) is 16.0 Å². The van der Waals surface area contributed by atoms with Gasteiger partial charge >= 0.3 is 0 Å². The lowest BCUT2D eigenvalue weighted by molar-refractivity contribution is -0.117. The zero-order valence-electron chi connectivity index (χ0n) is 19.9. The quantitative estimate of drug-likeness (QED) is 0.340. The molecule has 3 aliphatic rings. The van der Waals surface area contributed by atoms with Gasteiger partial charge in [-0.25, -0.2) is 4.85 Å². The van der Waals surface area contributed by atoms with Crippen molar-refractivity contribution in [2.24, 2.45) is 0 Å². The van der Waals surface area contributed by atoms with Crippen molar-refractivity contribution in [2.75, 3.05) is 11.4 Å². The van der Waals surface area contributed by atoms with Gasteiger partial charge in [0.15, 0.2) is 17.2 Å². The second kappa shape index (κ2) is 10.5. The normalized spacial score (nSPS) is 21.9. The van der Waals surface area contributed by atoms with Gasteiger partial charge < -0.3 is 14.4 Å². The first-order valence-electron chi connectivity index (χ1n) is 12.9. The van der Waals surface area contributed by atoms with Crippen molar-refractivity contribution in [3.8, 4) is 11.5 Å². The van der Waals surface area contributed by atoms with Gasteiger partial charge in [0, 0.05) is 24.6 Å². The molecule has 2 saturated carbocycles. The number of rotatable bonds is 6. The van der Waals surface area contributed by atoms with Crippen molar-refractivity contribution < 1.29 is 14.3 Å². The highest BCUT2D eigenvalue weighted by atomic mass is 16.5. The number of anilines is 1. The van der Waals surface area contributed by atoms with E-state index in [1.807, 2.05) is 17.0 Å². The Balaban J connectivity index is 1.36. The minimum Gasteiger partial charge on any atom is -0.487 e. The van der Waals surface area contributed by atoms with Gasteiger partial charge in [0.1, 0.15) is 0 Å². The molecule has 2 aromatic rings. The summed E-state index contributed by atoms with van der Waals surface area (Å²) in [6, 6.07) is 13.6. The summed E-state index contributed by atoms with van der Waals surface area (Å²) in [4.78, 5) is 18.2. The van der Waals surface area contributed by atoms with Crippen molar-refractivity contribution in [2.45, 2.75) is 88.8 Å². The van der Waals surface area contributed by atoms with Crippen LogP contribution in [-0.2, 0) is 4.79 Å². The highest BCUT2D eigenvalue weighted by Gasteiger charge is 2.32. The van der Waals surface area contributed by atoms with E-state index in [1.54, 1.807) is 12.1 Å². The Labute approximate surface area is 202 Å². The molecule has 5 nitrogen and oxygen atoms in total. The zero-order valence-corrected chi connectivity index (χ0v) is 19.9. The van der Waals surface area contributed by atoms with Gasteiger partial charge in [-0.05, 0) is 81.2 Å². The van der Waals surface area contributed by atoms with Gasteiger partial charge in [0.2, 0.25) is 5.91 Å². The number of amides is 1. The Bertz CT molecular complexity index is 1050. The summed E-state index contributed by atoms with van der Waals surface area (Å²) < 4.78 is 13.0. The fraction of sp³-hybridized carbons (Fsp3) is 0.517. The molecule has 0 aromatic heterocycles. The third kappa shape index (κ3) is 5.22. The molecule has 2 aliphatic carbocycles. The fourth-order valence-corrected chi connectivity index (χ4v) is 5.60. The van der Waals surface area contributed by atoms with Gasteiger partial charge in [0.25, 0.3) is 0 Å². The number of hydrogen-bond donors (Lipinski definition) is 0. The van der Waals surface area contributed by atoms with Crippen molar-refractivity contribution in [3.63, 3.8) is 0 Å². The van der Waals surface area contributed by atoms with Crippen LogP contribution in [0.4, 0.5) is 11.4 Å². The van der Waals surface area contributed by atoms with Gasteiger partial charge in [-0.1, -0.05) is 31.0 Å². The molecule has 5 rings (SSSR count). The van der Waals surface area contributed by atoms with E-state index in [1.165, 1.54) is 38.5 Å². The molecule has 1 atom stereocenters. The van der Waals surface area contributed by atoms with E-state index >= 15 is 0 Å². The van der Waals surface area contributed by atoms with Crippen LogP contribution in [0.25, 0.3) is 4.85 Å². The summed E-state index contributed by atoms with van der Waals surface area (Å²) in [5.74, 6) is 1.90. The third-order valence-corrected chi connectivity index (χ3v) is 7.53. The maximum absolute atomic E-state index is 12.9. The molecule has 0 unspecified atom stereocenters. The molecule has 5 heteroatoms. The fourth-order valence-electron chi connectivity index (χ4n) is 5.60. The number of hydrogen-bond acceptors (Lipinski definition) is 3. The van der Waals surface area contributed by atoms with Gasteiger partial charge in [-0.15, -0.1) is 0 Å². The smallest absolute Gasteiger partial charge is 0.227 e. The number of nitrogens with zero attached hydrogens (tertiary/aromatic N) is 2. The molecule has 1 amide bonds. The minimum absolute atomic E-state index is 0.0990. The lowest BCUT2D eigenvalue weighted by Crippen LogP contribution is -2.24.